The van der Waals surface area contributed by atoms with Gasteiger partial charge in [-0.25, -0.2) is 4.79 Å². The van der Waals surface area contributed by atoms with Crippen molar-refractivity contribution in [2.75, 3.05) is 6.61 Å². The van der Waals surface area contributed by atoms with Crippen molar-refractivity contribution in [2.24, 2.45) is 0 Å². The third-order valence-corrected chi connectivity index (χ3v) is 4.39. The van der Waals surface area contributed by atoms with Crippen LogP contribution in [0.3, 0.4) is 0 Å². The summed E-state index contributed by atoms with van der Waals surface area (Å²) in [6, 6.07) is 12.9. The van der Waals surface area contributed by atoms with E-state index in [0.717, 1.165) is 12.1 Å². The Labute approximate surface area is 165 Å². The largest absolute Gasteiger partial charge is 0.462 e. The summed E-state index contributed by atoms with van der Waals surface area (Å²) in [5, 5.41) is 0. The molecule has 0 aliphatic carbocycles. The van der Waals surface area contributed by atoms with Gasteiger partial charge in [0.25, 0.3) is 0 Å². The quantitative estimate of drug-likeness (QED) is 0.438. The van der Waals surface area contributed by atoms with Crippen molar-refractivity contribution in [1.29, 1.82) is 0 Å². The Bertz CT molecular complexity index is 1050. The third kappa shape index (κ3) is 4.39. The number of nitrogens with one attached hydrogen (secondary N) is 1. The van der Waals surface area contributed by atoms with E-state index in [9.17, 15) is 22.8 Å². The fourth-order valence-electron chi connectivity index (χ4n) is 2.94. The summed E-state index contributed by atoms with van der Waals surface area (Å²) in [4.78, 5) is 27.2. The molecular formula is C22H18F3NO3. The lowest BCUT2D eigenvalue weighted by Gasteiger charge is -2.07. The van der Waals surface area contributed by atoms with Crippen LogP contribution in [-0.4, -0.2) is 23.3 Å². The number of carbonyl (C=O) groups excluding carboxylic acids is 2. The Morgan fingerprint density at radius 1 is 1.00 bits per heavy atom. The lowest BCUT2D eigenvalue weighted by atomic mass is 10.0. The van der Waals surface area contributed by atoms with Crippen LogP contribution in [0, 0.1) is 0 Å². The average Bonchev–Trinajstić information content (AvgIpc) is 3.13. The number of Topliss-reactive ketones (excluding diaryl/α,β-unsaturated/α-hetero) is 1. The molecule has 2 aromatic carbocycles. The number of rotatable bonds is 5. The van der Waals surface area contributed by atoms with Crippen LogP contribution in [0.4, 0.5) is 13.2 Å². The van der Waals surface area contributed by atoms with Gasteiger partial charge >= 0.3 is 12.1 Å². The summed E-state index contributed by atoms with van der Waals surface area (Å²) in [5.74, 6) is -0.691. The van der Waals surface area contributed by atoms with Gasteiger partial charge in [-0.15, -0.1) is 0 Å². The van der Waals surface area contributed by atoms with E-state index in [0.29, 0.717) is 28.1 Å². The van der Waals surface area contributed by atoms with E-state index in [-0.39, 0.29) is 18.0 Å². The van der Waals surface area contributed by atoms with Crippen molar-refractivity contribution >= 4 is 11.8 Å². The van der Waals surface area contributed by atoms with Crippen molar-refractivity contribution < 1.29 is 27.5 Å². The molecule has 0 aliphatic rings. The van der Waals surface area contributed by atoms with Gasteiger partial charge in [0.2, 0.25) is 0 Å². The van der Waals surface area contributed by atoms with Crippen molar-refractivity contribution in [1.82, 2.24) is 4.98 Å². The highest BCUT2D eigenvalue weighted by Crippen LogP contribution is 2.33. The number of ether oxygens (including phenoxy) is 1. The molecule has 4 nitrogen and oxygen atoms in total. The van der Waals surface area contributed by atoms with E-state index >= 15 is 0 Å². The molecular weight excluding hydrogens is 383 g/mol. The fraction of sp³-hybridized carbons (Fsp3) is 0.182. The van der Waals surface area contributed by atoms with Gasteiger partial charge in [-0.05, 0) is 49.2 Å². The summed E-state index contributed by atoms with van der Waals surface area (Å²) in [6.45, 7) is 3.29. The molecule has 0 saturated heterocycles. The Morgan fingerprint density at radius 3 is 2.28 bits per heavy atom. The SMILES string of the molecule is CCOC(=O)c1cc(-c2ccc(C(F)(F)F)cc2)[nH]c1-c1cccc(C(C)=O)c1. The first-order valence-corrected chi connectivity index (χ1v) is 8.90. The molecule has 0 bridgehead atoms. The van der Waals surface area contributed by atoms with Crippen LogP contribution < -0.4 is 0 Å². The Hall–Kier alpha value is -3.35. The van der Waals surface area contributed by atoms with E-state index in [2.05, 4.69) is 4.98 Å². The second-order valence-electron chi connectivity index (χ2n) is 6.40. The molecule has 0 amide bonds. The van der Waals surface area contributed by atoms with Crippen LogP contribution in [0.2, 0.25) is 0 Å². The van der Waals surface area contributed by atoms with Crippen LogP contribution in [0.15, 0.2) is 54.6 Å². The van der Waals surface area contributed by atoms with Gasteiger partial charge in [0.05, 0.1) is 23.4 Å². The van der Waals surface area contributed by atoms with Crippen molar-refractivity contribution in [3.05, 3.63) is 71.3 Å². The molecule has 29 heavy (non-hydrogen) atoms. The molecule has 0 saturated carbocycles. The summed E-state index contributed by atoms with van der Waals surface area (Å²) in [5.41, 5.74) is 1.93. The minimum atomic E-state index is -4.43. The molecule has 1 aromatic heterocycles. The zero-order valence-corrected chi connectivity index (χ0v) is 15.8. The van der Waals surface area contributed by atoms with E-state index < -0.39 is 17.7 Å². The molecule has 1 heterocycles. The van der Waals surface area contributed by atoms with Gasteiger partial charge in [0, 0.05) is 11.3 Å². The monoisotopic (exact) mass is 401 g/mol. The maximum absolute atomic E-state index is 12.8. The molecule has 0 unspecified atom stereocenters. The first-order chi connectivity index (χ1) is 13.7. The number of hydrogen-bond donors (Lipinski definition) is 1. The number of halogens is 3. The smallest absolute Gasteiger partial charge is 0.416 e. The van der Waals surface area contributed by atoms with Crippen molar-refractivity contribution in [3.8, 4) is 22.5 Å². The van der Waals surface area contributed by atoms with E-state index in [1.165, 1.54) is 25.1 Å². The number of esters is 1. The minimum absolute atomic E-state index is 0.126. The summed E-state index contributed by atoms with van der Waals surface area (Å²) in [7, 11) is 0. The lowest BCUT2D eigenvalue weighted by Crippen LogP contribution is -2.05. The van der Waals surface area contributed by atoms with Gasteiger partial charge < -0.3 is 9.72 Å². The summed E-state index contributed by atoms with van der Waals surface area (Å²) < 4.78 is 43.5. The molecule has 0 fully saturated rings. The van der Waals surface area contributed by atoms with E-state index in [1.807, 2.05) is 0 Å². The molecule has 3 rings (SSSR count). The Morgan fingerprint density at radius 2 is 1.69 bits per heavy atom. The summed E-state index contributed by atoms with van der Waals surface area (Å²) >= 11 is 0. The predicted molar refractivity (Wildman–Crippen MR) is 103 cm³/mol. The Kier molecular flexibility index (Phi) is 5.59. The van der Waals surface area contributed by atoms with E-state index in [4.69, 9.17) is 4.74 Å². The number of hydrogen-bond acceptors (Lipinski definition) is 3. The van der Waals surface area contributed by atoms with Gasteiger partial charge in [-0.2, -0.15) is 13.2 Å². The maximum atomic E-state index is 12.8. The fourth-order valence-corrected chi connectivity index (χ4v) is 2.94. The highest BCUT2D eigenvalue weighted by atomic mass is 19.4. The first kappa shape index (κ1) is 20.4. The number of aromatic nitrogens is 1. The summed E-state index contributed by atoms with van der Waals surface area (Å²) in [6.07, 6.45) is -4.43. The lowest BCUT2D eigenvalue weighted by molar-refractivity contribution is -0.137. The van der Waals surface area contributed by atoms with Crippen molar-refractivity contribution in [2.45, 2.75) is 20.0 Å². The zero-order valence-electron chi connectivity index (χ0n) is 15.8. The highest BCUT2D eigenvalue weighted by Gasteiger charge is 2.30. The minimum Gasteiger partial charge on any atom is -0.462 e. The Balaban J connectivity index is 2.09. The van der Waals surface area contributed by atoms with Crippen LogP contribution in [0.1, 0.15) is 40.1 Å². The van der Waals surface area contributed by atoms with E-state index in [1.54, 1.807) is 31.2 Å². The number of H-pyrrole nitrogens is 1. The number of benzene rings is 2. The number of alkyl halides is 3. The predicted octanol–water partition coefficient (Wildman–Crippen LogP) is 5.75. The van der Waals surface area contributed by atoms with Crippen LogP contribution in [0.5, 0.6) is 0 Å². The second kappa shape index (κ2) is 7.95. The van der Waals surface area contributed by atoms with Gasteiger partial charge in [-0.1, -0.05) is 30.3 Å². The number of aromatic amines is 1. The van der Waals surface area contributed by atoms with Crippen LogP contribution in [0.25, 0.3) is 22.5 Å². The topological polar surface area (TPSA) is 59.2 Å². The van der Waals surface area contributed by atoms with Crippen LogP contribution in [-0.2, 0) is 10.9 Å². The third-order valence-electron chi connectivity index (χ3n) is 4.39. The molecule has 3 aromatic rings. The highest BCUT2D eigenvalue weighted by molar-refractivity contribution is 6.00. The molecule has 1 N–H and O–H groups in total. The van der Waals surface area contributed by atoms with Crippen LogP contribution >= 0.6 is 0 Å². The number of ketones is 1. The molecule has 7 heteroatoms. The zero-order chi connectivity index (χ0) is 21.2. The van der Waals surface area contributed by atoms with Crippen molar-refractivity contribution in [3.63, 3.8) is 0 Å². The van der Waals surface area contributed by atoms with Gasteiger partial charge in [0.15, 0.2) is 5.78 Å². The second-order valence-corrected chi connectivity index (χ2v) is 6.40. The number of carbonyl (C=O) groups is 2. The maximum Gasteiger partial charge on any atom is 0.416 e. The standard InChI is InChI=1S/C22H18F3NO3/c1-3-29-21(28)18-12-19(14-7-9-17(10-8-14)22(23,24)25)26-20(18)16-6-4-5-15(11-16)13(2)27/h4-12,26H,3H2,1-2H3. The first-order valence-electron chi connectivity index (χ1n) is 8.90. The average molecular weight is 401 g/mol. The van der Waals surface area contributed by atoms with Gasteiger partial charge in [0.1, 0.15) is 0 Å². The molecule has 0 aliphatic heterocycles. The molecule has 150 valence electrons. The molecule has 0 spiro atoms. The molecule has 0 radical (unpaired) electrons. The molecule has 0 atom stereocenters. The van der Waals surface area contributed by atoms with Gasteiger partial charge in [-0.3, -0.25) is 4.79 Å². The normalized spacial score (nSPS) is 11.3.